The summed E-state index contributed by atoms with van der Waals surface area (Å²) in [5.74, 6) is 0. The Morgan fingerprint density at radius 2 is 2.07 bits per heavy atom. The average Bonchev–Trinajstić information content (AvgIpc) is 2.14. The van der Waals surface area contributed by atoms with Gasteiger partial charge >= 0.3 is 0 Å². The van der Waals surface area contributed by atoms with E-state index in [0.717, 1.165) is 6.26 Å². The molecule has 1 aromatic rings. The molecule has 0 atom stereocenters. The summed E-state index contributed by atoms with van der Waals surface area (Å²) in [5.41, 5.74) is 0.618. The van der Waals surface area contributed by atoms with Gasteiger partial charge < -0.3 is 0 Å². The maximum Gasteiger partial charge on any atom is 0.245 e. The minimum Gasteiger partial charge on any atom is -0.276 e. The van der Waals surface area contributed by atoms with Crippen molar-refractivity contribution in [3.8, 4) is 0 Å². The van der Waals surface area contributed by atoms with Crippen LogP contribution in [0.3, 0.4) is 0 Å². The summed E-state index contributed by atoms with van der Waals surface area (Å²) in [5, 5.41) is -0.597. The van der Waals surface area contributed by atoms with Crippen LogP contribution in [-0.4, -0.2) is 19.9 Å². The smallest absolute Gasteiger partial charge is 0.245 e. The lowest BCUT2D eigenvalue weighted by atomic mass is 10.2. The van der Waals surface area contributed by atoms with Gasteiger partial charge in [-0.2, -0.15) is 0 Å². The molecule has 0 N–H and O–H groups in total. The highest BCUT2D eigenvalue weighted by molar-refractivity contribution is 7.90. The van der Waals surface area contributed by atoms with Crippen molar-refractivity contribution >= 4 is 32.8 Å². The Balaban J connectivity index is 3.09. The highest BCUT2D eigenvalue weighted by atomic mass is 35.5. The summed E-state index contributed by atoms with van der Waals surface area (Å²) < 4.78 is 22.4. The molecule has 0 aliphatic heterocycles. The van der Waals surface area contributed by atoms with Crippen LogP contribution >= 0.6 is 11.6 Å². The van der Waals surface area contributed by atoms with Crippen LogP contribution in [0.2, 0.25) is 0 Å². The molecule has 1 rings (SSSR count). The Hall–Kier alpha value is -1.13. The van der Waals surface area contributed by atoms with Gasteiger partial charge in [-0.1, -0.05) is 18.2 Å². The summed E-state index contributed by atoms with van der Waals surface area (Å²) in [6, 6.07) is 6.26. The minimum absolute atomic E-state index is 0.215. The van der Waals surface area contributed by atoms with Crippen molar-refractivity contribution in [3.63, 3.8) is 0 Å². The Kier molecular flexibility index (Phi) is 3.66. The van der Waals surface area contributed by atoms with Gasteiger partial charge in [0.15, 0.2) is 9.84 Å². The summed E-state index contributed by atoms with van der Waals surface area (Å²) in [4.78, 5) is 10.7. The molecule has 0 aromatic heterocycles. The van der Waals surface area contributed by atoms with Crippen LogP contribution in [0.4, 0.5) is 0 Å². The minimum atomic E-state index is -3.22. The van der Waals surface area contributed by atoms with Crippen molar-refractivity contribution < 1.29 is 13.2 Å². The normalized spacial score (nSPS) is 11.9. The van der Waals surface area contributed by atoms with Crippen molar-refractivity contribution in [2.24, 2.45) is 0 Å². The van der Waals surface area contributed by atoms with E-state index >= 15 is 0 Å². The maximum absolute atomic E-state index is 11.2. The van der Waals surface area contributed by atoms with Crippen molar-refractivity contribution in [2.45, 2.75) is 4.90 Å². The van der Waals surface area contributed by atoms with Gasteiger partial charge in [0.05, 0.1) is 4.90 Å². The van der Waals surface area contributed by atoms with E-state index < -0.39 is 15.1 Å². The lowest BCUT2D eigenvalue weighted by Gasteiger charge is -1.98. The van der Waals surface area contributed by atoms with Gasteiger partial charge in [-0.3, -0.25) is 4.79 Å². The van der Waals surface area contributed by atoms with E-state index in [2.05, 4.69) is 0 Å². The standard InChI is InChI=1S/C10H9ClO3S/c1-15(13,14)9-4-2-3-8(7-9)5-6-10(11)12/h2-7H,1H3. The van der Waals surface area contributed by atoms with Crippen LogP contribution < -0.4 is 0 Å². The molecule has 0 amide bonds. The predicted octanol–water partition coefficient (Wildman–Crippen LogP) is 1.87. The van der Waals surface area contributed by atoms with Crippen LogP contribution in [0.25, 0.3) is 6.08 Å². The van der Waals surface area contributed by atoms with Crippen LogP contribution in [0.15, 0.2) is 35.2 Å². The quantitative estimate of drug-likeness (QED) is 0.603. The molecule has 3 nitrogen and oxygen atoms in total. The van der Waals surface area contributed by atoms with Crippen LogP contribution in [0.5, 0.6) is 0 Å². The lowest BCUT2D eigenvalue weighted by molar-refractivity contribution is -0.107. The van der Waals surface area contributed by atoms with E-state index in [0.29, 0.717) is 5.56 Å². The van der Waals surface area contributed by atoms with Gasteiger partial charge in [0.25, 0.3) is 0 Å². The summed E-state index contributed by atoms with van der Waals surface area (Å²) in [6.45, 7) is 0. The Bertz CT molecular complexity index is 503. The molecule has 5 heteroatoms. The SMILES string of the molecule is CS(=O)(=O)c1cccc(C=CC(=O)Cl)c1. The van der Waals surface area contributed by atoms with Crippen molar-refractivity contribution in [1.29, 1.82) is 0 Å². The van der Waals surface area contributed by atoms with Crippen LogP contribution in [0.1, 0.15) is 5.56 Å². The molecule has 0 radical (unpaired) electrons. The number of sulfone groups is 1. The lowest BCUT2D eigenvalue weighted by Crippen LogP contribution is -1.96. The first-order valence-corrected chi connectivity index (χ1v) is 6.34. The molecule has 0 spiro atoms. The number of carbonyl (C=O) groups excluding carboxylic acids is 1. The highest BCUT2D eigenvalue weighted by Gasteiger charge is 2.05. The molecule has 0 aliphatic carbocycles. The number of benzene rings is 1. The van der Waals surface area contributed by atoms with E-state index in [4.69, 9.17) is 11.6 Å². The first-order valence-electron chi connectivity index (χ1n) is 4.07. The largest absolute Gasteiger partial charge is 0.276 e. The van der Waals surface area contributed by atoms with Gasteiger partial charge in [-0.25, -0.2) is 8.42 Å². The molecule has 15 heavy (non-hydrogen) atoms. The van der Waals surface area contributed by atoms with Crippen molar-refractivity contribution in [2.75, 3.05) is 6.26 Å². The second-order valence-corrected chi connectivity index (χ2v) is 5.37. The fraction of sp³-hybridized carbons (Fsp3) is 0.100. The molecule has 0 heterocycles. The molecule has 0 saturated heterocycles. The van der Waals surface area contributed by atoms with Crippen molar-refractivity contribution in [1.82, 2.24) is 0 Å². The maximum atomic E-state index is 11.2. The molecule has 80 valence electrons. The molecular weight excluding hydrogens is 236 g/mol. The second-order valence-electron chi connectivity index (χ2n) is 2.98. The Labute approximate surface area is 93.3 Å². The van der Waals surface area contributed by atoms with E-state index in [1.807, 2.05) is 0 Å². The molecule has 0 unspecified atom stereocenters. The van der Waals surface area contributed by atoms with Gasteiger partial charge in [-0.05, 0) is 35.4 Å². The number of allylic oxidation sites excluding steroid dienone is 1. The topological polar surface area (TPSA) is 51.2 Å². The number of halogens is 1. The zero-order valence-corrected chi connectivity index (χ0v) is 9.55. The molecule has 1 aromatic carbocycles. The van der Waals surface area contributed by atoms with Gasteiger partial charge in [0.2, 0.25) is 5.24 Å². The van der Waals surface area contributed by atoms with Crippen LogP contribution in [0, 0.1) is 0 Å². The Morgan fingerprint density at radius 1 is 1.40 bits per heavy atom. The summed E-state index contributed by atoms with van der Waals surface area (Å²) in [6.07, 6.45) is 3.76. The van der Waals surface area contributed by atoms with E-state index in [-0.39, 0.29) is 4.90 Å². The third-order valence-electron chi connectivity index (χ3n) is 1.69. The molecule has 0 saturated carbocycles. The molecule has 0 fully saturated rings. The fourth-order valence-corrected chi connectivity index (χ4v) is 1.75. The van der Waals surface area contributed by atoms with Gasteiger partial charge in [0.1, 0.15) is 0 Å². The number of rotatable bonds is 3. The molecule has 0 bridgehead atoms. The van der Waals surface area contributed by atoms with E-state index in [1.165, 1.54) is 24.3 Å². The first kappa shape index (κ1) is 11.9. The zero-order valence-electron chi connectivity index (χ0n) is 7.98. The monoisotopic (exact) mass is 244 g/mol. The number of hydrogen-bond donors (Lipinski definition) is 0. The summed E-state index contributed by atoms with van der Waals surface area (Å²) >= 11 is 5.11. The molecule has 0 aliphatic rings. The predicted molar refractivity (Wildman–Crippen MR) is 59.4 cm³/mol. The average molecular weight is 245 g/mol. The highest BCUT2D eigenvalue weighted by Crippen LogP contribution is 2.12. The van der Waals surface area contributed by atoms with E-state index in [9.17, 15) is 13.2 Å². The fourth-order valence-electron chi connectivity index (χ4n) is 1.01. The van der Waals surface area contributed by atoms with Crippen LogP contribution in [-0.2, 0) is 14.6 Å². The zero-order chi connectivity index (χ0) is 11.5. The van der Waals surface area contributed by atoms with Crippen molar-refractivity contribution in [3.05, 3.63) is 35.9 Å². The third kappa shape index (κ3) is 3.85. The van der Waals surface area contributed by atoms with Gasteiger partial charge in [0, 0.05) is 6.26 Å². The number of hydrogen-bond acceptors (Lipinski definition) is 3. The van der Waals surface area contributed by atoms with Gasteiger partial charge in [-0.15, -0.1) is 0 Å². The number of carbonyl (C=O) groups is 1. The summed E-state index contributed by atoms with van der Waals surface area (Å²) in [7, 11) is -3.22. The first-order chi connectivity index (χ1) is 6.89. The molecular formula is C10H9ClO3S. The second kappa shape index (κ2) is 4.59. The Morgan fingerprint density at radius 3 is 2.60 bits per heavy atom. The van der Waals surface area contributed by atoms with E-state index in [1.54, 1.807) is 12.1 Å². The third-order valence-corrected chi connectivity index (χ3v) is 2.93.